The average Bonchev–Trinajstić information content (AvgIpc) is 2.89. The van der Waals surface area contributed by atoms with E-state index in [1.165, 1.54) is 25.3 Å². The molecule has 0 aliphatic heterocycles. The van der Waals surface area contributed by atoms with Gasteiger partial charge in [0.1, 0.15) is 29.0 Å². The predicted octanol–water partition coefficient (Wildman–Crippen LogP) is 3.97. The Morgan fingerprint density at radius 1 is 1.14 bits per heavy atom. The number of ether oxygens (including phenoxy) is 1. The van der Waals surface area contributed by atoms with E-state index in [1.54, 1.807) is 6.07 Å². The molecular weight excluding hydrogens is 271 g/mol. The number of rotatable bonds is 3. The van der Waals surface area contributed by atoms with Gasteiger partial charge in [-0.15, -0.1) is 0 Å². The van der Waals surface area contributed by atoms with Gasteiger partial charge in [0, 0.05) is 10.9 Å². The maximum Gasteiger partial charge on any atom is 0.140 e. The first-order valence-electron chi connectivity index (χ1n) is 6.60. The maximum atomic E-state index is 13.4. The van der Waals surface area contributed by atoms with Gasteiger partial charge in [0.05, 0.1) is 7.11 Å². The van der Waals surface area contributed by atoms with E-state index in [4.69, 9.17) is 9.15 Å². The van der Waals surface area contributed by atoms with Crippen molar-refractivity contribution in [3.05, 3.63) is 65.2 Å². The van der Waals surface area contributed by atoms with Crippen LogP contribution in [0.2, 0.25) is 0 Å². The Kier molecular flexibility index (Phi) is 3.39. The molecule has 0 saturated heterocycles. The Bertz CT molecular complexity index is 792. The molecule has 0 radical (unpaired) electrons. The SMILES string of the molecule is COc1ccc(F)cc1C(O)c1cc2cc(C)ccc2o1. The van der Waals surface area contributed by atoms with Crippen molar-refractivity contribution in [2.24, 2.45) is 0 Å². The Labute approximate surface area is 121 Å². The lowest BCUT2D eigenvalue weighted by Gasteiger charge is -2.12. The summed E-state index contributed by atoms with van der Waals surface area (Å²) in [5.74, 6) is 0.344. The summed E-state index contributed by atoms with van der Waals surface area (Å²) in [6.45, 7) is 1.98. The van der Waals surface area contributed by atoms with Gasteiger partial charge in [-0.1, -0.05) is 11.6 Å². The van der Waals surface area contributed by atoms with Gasteiger partial charge in [-0.2, -0.15) is 0 Å². The lowest BCUT2D eigenvalue weighted by molar-refractivity contribution is 0.187. The van der Waals surface area contributed by atoms with Crippen LogP contribution in [0.4, 0.5) is 4.39 Å². The molecule has 21 heavy (non-hydrogen) atoms. The van der Waals surface area contributed by atoms with Crippen molar-refractivity contribution in [1.82, 2.24) is 0 Å². The van der Waals surface area contributed by atoms with Crippen molar-refractivity contribution >= 4 is 11.0 Å². The van der Waals surface area contributed by atoms with E-state index in [0.29, 0.717) is 22.7 Å². The van der Waals surface area contributed by atoms with Crippen LogP contribution in [-0.2, 0) is 0 Å². The largest absolute Gasteiger partial charge is 0.496 e. The Hall–Kier alpha value is -2.33. The van der Waals surface area contributed by atoms with Crippen molar-refractivity contribution in [2.75, 3.05) is 7.11 Å². The first-order chi connectivity index (χ1) is 10.1. The van der Waals surface area contributed by atoms with E-state index < -0.39 is 11.9 Å². The lowest BCUT2D eigenvalue weighted by Crippen LogP contribution is -2.02. The number of halogens is 1. The summed E-state index contributed by atoms with van der Waals surface area (Å²) in [5, 5.41) is 11.4. The summed E-state index contributed by atoms with van der Waals surface area (Å²) in [6.07, 6.45) is -1.08. The first kappa shape index (κ1) is 13.6. The Balaban J connectivity index is 2.07. The molecule has 0 bridgehead atoms. The van der Waals surface area contributed by atoms with Crippen LogP contribution in [0.5, 0.6) is 5.75 Å². The van der Waals surface area contributed by atoms with Crippen molar-refractivity contribution in [2.45, 2.75) is 13.0 Å². The van der Waals surface area contributed by atoms with Gasteiger partial charge in [0.15, 0.2) is 0 Å². The first-order valence-corrected chi connectivity index (χ1v) is 6.60. The molecule has 0 aliphatic rings. The Morgan fingerprint density at radius 2 is 1.95 bits per heavy atom. The van der Waals surface area contributed by atoms with Crippen LogP contribution in [0.25, 0.3) is 11.0 Å². The van der Waals surface area contributed by atoms with Crippen LogP contribution < -0.4 is 4.74 Å². The average molecular weight is 286 g/mol. The summed E-state index contributed by atoms with van der Waals surface area (Å²) < 4.78 is 24.2. The third kappa shape index (κ3) is 2.50. The molecule has 3 aromatic rings. The van der Waals surface area contributed by atoms with Crippen LogP contribution in [0, 0.1) is 12.7 Å². The maximum absolute atomic E-state index is 13.4. The fourth-order valence-corrected chi connectivity index (χ4v) is 2.39. The molecule has 0 saturated carbocycles. The smallest absolute Gasteiger partial charge is 0.140 e. The second kappa shape index (κ2) is 5.22. The van der Waals surface area contributed by atoms with E-state index >= 15 is 0 Å². The standard InChI is InChI=1S/C17H15FO3/c1-10-3-5-14-11(7-10)8-16(21-14)17(19)13-9-12(18)4-6-15(13)20-2/h3-9,17,19H,1-2H3. The van der Waals surface area contributed by atoms with Gasteiger partial charge < -0.3 is 14.3 Å². The highest BCUT2D eigenvalue weighted by atomic mass is 19.1. The highest BCUT2D eigenvalue weighted by molar-refractivity contribution is 5.78. The van der Waals surface area contributed by atoms with Crippen LogP contribution in [-0.4, -0.2) is 12.2 Å². The van der Waals surface area contributed by atoms with Gasteiger partial charge in [-0.25, -0.2) is 4.39 Å². The minimum atomic E-state index is -1.08. The highest BCUT2D eigenvalue weighted by Crippen LogP contribution is 2.33. The molecule has 1 N–H and O–H groups in total. The van der Waals surface area contributed by atoms with Crippen molar-refractivity contribution in [3.63, 3.8) is 0 Å². The molecule has 3 rings (SSSR count). The lowest BCUT2D eigenvalue weighted by atomic mass is 10.1. The van der Waals surface area contributed by atoms with Gasteiger partial charge in [-0.3, -0.25) is 0 Å². The normalized spacial score (nSPS) is 12.6. The molecule has 0 amide bonds. The monoisotopic (exact) mass is 286 g/mol. The molecule has 4 heteroatoms. The number of aliphatic hydroxyl groups is 1. The molecule has 3 nitrogen and oxygen atoms in total. The van der Waals surface area contributed by atoms with Crippen LogP contribution in [0.1, 0.15) is 23.0 Å². The zero-order chi connectivity index (χ0) is 15.0. The number of aryl methyl sites for hydroxylation is 1. The summed E-state index contributed by atoms with van der Waals surface area (Å²) in [6, 6.07) is 11.5. The molecule has 1 atom stereocenters. The van der Waals surface area contributed by atoms with Crippen LogP contribution in [0.15, 0.2) is 46.9 Å². The van der Waals surface area contributed by atoms with Crippen molar-refractivity contribution in [3.8, 4) is 5.75 Å². The van der Waals surface area contributed by atoms with Gasteiger partial charge in [0.2, 0.25) is 0 Å². The number of fused-ring (bicyclic) bond motifs is 1. The van der Waals surface area contributed by atoms with Crippen LogP contribution >= 0.6 is 0 Å². The summed E-state index contributed by atoms with van der Waals surface area (Å²) in [7, 11) is 1.48. The third-order valence-corrected chi connectivity index (χ3v) is 3.45. The van der Waals surface area contributed by atoms with Crippen molar-refractivity contribution < 1.29 is 18.7 Å². The minimum Gasteiger partial charge on any atom is -0.496 e. The topological polar surface area (TPSA) is 42.6 Å². The molecule has 0 spiro atoms. The number of hydrogen-bond acceptors (Lipinski definition) is 3. The Morgan fingerprint density at radius 3 is 2.71 bits per heavy atom. The molecule has 1 heterocycles. The molecule has 108 valence electrons. The van der Waals surface area contributed by atoms with Crippen molar-refractivity contribution in [1.29, 1.82) is 0 Å². The number of aliphatic hydroxyl groups excluding tert-OH is 1. The number of benzene rings is 2. The highest BCUT2D eigenvalue weighted by Gasteiger charge is 2.20. The number of hydrogen-bond donors (Lipinski definition) is 1. The summed E-state index contributed by atoms with van der Waals surface area (Å²) in [5.41, 5.74) is 2.13. The molecular formula is C17H15FO3. The zero-order valence-electron chi connectivity index (χ0n) is 11.8. The molecule has 1 unspecified atom stereocenters. The van der Waals surface area contributed by atoms with Crippen LogP contribution in [0.3, 0.4) is 0 Å². The zero-order valence-corrected chi connectivity index (χ0v) is 11.8. The fraction of sp³-hybridized carbons (Fsp3) is 0.176. The minimum absolute atomic E-state index is 0.341. The van der Waals surface area contributed by atoms with E-state index in [-0.39, 0.29) is 0 Å². The van der Waals surface area contributed by atoms with Gasteiger partial charge in [-0.05, 0) is 43.3 Å². The molecule has 1 aromatic heterocycles. The van der Waals surface area contributed by atoms with Gasteiger partial charge >= 0.3 is 0 Å². The second-order valence-electron chi connectivity index (χ2n) is 4.98. The van der Waals surface area contributed by atoms with Gasteiger partial charge in [0.25, 0.3) is 0 Å². The summed E-state index contributed by atoms with van der Waals surface area (Å²) >= 11 is 0. The van der Waals surface area contributed by atoms with E-state index in [9.17, 15) is 9.50 Å². The number of furan rings is 1. The quantitative estimate of drug-likeness (QED) is 0.792. The number of methoxy groups -OCH3 is 1. The molecule has 2 aromatic carbocycles. The van der Waals surface area contributed by atoms with E-state index in [0.717, 1.165) is 10.9 Å². The van der Waals surface area contributed by atoms with E-state index in [2.05, 4.69) is 0 Å². The molecule has 0 fully saturated rings. The van der Waals surface area contributed by atoms with E-state index in [1.807, 2.05) is 25.1 Å². The molecule has 0 aliphatic carbocycles. The summed E-state index contributed by atoms with van der Waals surface area (Å²) in [4.78, 5) is 0. The fourth-order valence-electron chi connectivity index (χ4n) is 2.39. The third-order valence-electron chi connectivity index (χ3n) is 3.45. The second-order valence-corrected chi connectivity index (χ2v) is 4.98. The predicted molar refractivity (Wildman–Crippen MR) is 78.0 cm³/mol.